The van der Waals surface area contributed by atoms with Gasteiger partial charge in [0.25, 0.3) is 0 Å². The number of ether oxygens (including phenoxy) is 1. The molecule has 1 aromatic heterocycles. The fourth-order valence-electron chi connectivity index (χ4n) is 2.59. The van der Waals surface area contributed by atoms with Crippen LogP contribution in [0.4, 0.5) is 0 Å². The number of benzene rings is 1. The van der Waals surface area contributed by atoms with Crippen LogP contribution in [-0.4, -0.2) is 29.9 Å². The molecule has 0 radical (unpaired) electrons. The molecule has 0 amide bonds. The Kier molecular flexibility index (Phi) is 2.84. The van der Waals surface area contributed by atoms with Gasteiger partial charge in [0.15, 0.2) is 11.5 Å². The molecule has 0 bridgehead atoms. The molecule has 4 nitrogen and oxygen atoms in total. The van der Waals surface area contributed by atoms with Gasteiger partial charge in [-0.3, -0.25) is 0 Å². The molecular weight excluding hydrogens is 230 g/mol. The summed E-state index contributed by atoms with van der Waals surface area (Å²) in [6.07, 6.45) is 1.75. The van der Waals surface area contributed by atoms with Crippen LogP contribution < -0.4 is 0 Å². The minimum absolute atomic E-state index is 0.0532. The number of nitrogens with zero attached hydrogens (tertiary/aromatic N) is 1. The van der Waals surface area contributed by atoms with E-state index < -0.39 is 0 Å². The highest BCUT2D eigenvalue weighted by molar-refractivity contribution is 5.73. The molecule has 18 heavy (non-hydrogen) atoms. The maximum absolute atomic E-state index is 9.00. The van der Waals surface area contributed by atoms with Crippen molar-refractivity contribution in [3.8, 4) is 0 Å². The minimum atomic E-state index is 0.0532. The van der Waals surface area contributed by atoms with Gasteiger partial charge in [-0.15, -0.1) is 0 Å². The summed E-state index contributed by atoms with van der Waals surface area (Å²) in [5, 5.41) is 9.00. The van der Waals surface area contributed by atoms with Crippen LogP contribution in [0, 0.1) is 6.92 Å². The molecule has 0 aliphatic carbocycles. The Hall–Kier alpha value is -1.39. The van der Waals surface area contributed by atoms with Crippen LogP contribution >= 0.6 is 0 Å². The molecule has 2 aromatic rings. The summed E-state index contributed by atoms with van der Waals surface area (Å²) in [6, 6.07) is 6.17. The second-order valence-corrected chi connectivity index (χ2v) is 5.02. The summed E-state index contributed by atoms with van der Waals surface area (Å²) in [5.74, 6) is 0.691. The van der Waals surface area contributed by atoms with Crippen molar-refractivity contribution >= 4 is 11.1 Å². The summed E-state index contributed by atoms with van der Waals surface area (Å²) in [4.78, 5) is 4.30. The molecule has 1 aliphatic rings. The Bertz CT molecular complexity index is 557. The van der Waals surface area contributed by atoms with E-state index in [1.165, 1.54) is 5.56 Å². The predicted molar refractivity (Wildman–Crippen MR) is 67.6 cm³/mol. The van der Waals surface area contributed by atoms with Gasteiger partial charge < -0.3 is 14.3 Å². The third kappa shape index (κ3) is 1.82. The molecule has 4 heteroatoms. The molecule has 0 unspecified atom stereocenters. The SMILES string of the molecule is Cc1nc2ccc(C3(CCCO)COC3)cc2o1. The van der Waals surface area contributed by atoms with Gasteiger partial charge in [0.1, 0.15) is 5.52 Å². The molecule has 1 N–H and O–H groups in total. The van der Waals surface area contributed by atoms with Crippen molar-refractivity contribution in [3.63, 3.8) is 0 Å². The van der Waals surface area contributed by atoms with Gasteiger partial charge in [0, 0.05) is 18.9 Å². The van der Waals surface area contributed by atoms with Crippen molar-refractivity contribution in [2.24, 2.45) is 0 Å². The molecule has 0 atom stereocenters. The summed E-state index contributed by atoms with van der Waals surface area (Å²) in [5.41, 5.74) is 3.01. The van der Waals surface area contributed by atoms with E-state index in [4.69, 9.17) is 14.3 Å². The average molecular weight is 247 g/mol. The third-order valence-electron chi connectivity index (χ3n) is 3.68. The number of oxazole rings is 1. The lowest BCUT2D eigenvalue weighted by Crippen LogP contribution is -2.46. The van der Waals surface area contributed by atoms with Crippen molar-refractivity contribution in [1.29, 1.82) is 0 Å². The Morgan fingerprint density at radius 2 is 2.22 bits per heavy atom. The number of aromatic nitrogens is 1. The summed E-state index contributed by atoms with van der Waals surface area (Å²) < 4.78 is 11.0. The molecule has 96 valence electrons. The first kappa shape index (κ1) is 11.7. The number of rotatable bonds is 4. The zero-order valence-electron chi connectivity index (χ0n) is 10.5. The van der Waals surface area contributed by atoms with Crippen molar-refractivity contribution in [2.45, 2.75) is 25.2 Å². The first-order valence-corrected chi connectivity index (χ1v) is 6.30. The van der Waals surface area contributed by atoms with Crippen molar-refractivity contribution in [3.05, 3.63) is 29.7 Å². The smallest absolute Gasteiger partial charge is 0.192 e. The highest BCUT2D eigenvalue weighted by Gasteiger charge is 2.39. The van der Waals surface area contributed by atoms with Crippen LogP contribution in [0.5, 0.6) is 0 Å². The zero-order chi connectivity index (χ0) is 12.6. The zero-order valence-corrected chi connectivity index (χ0v) is 10.5. The van der Waals surface area contributed by atoms with E-state index in [0.717, 1.165) is 37.2 Å². The van der Waals surface area contributed by atoms with Gasteiger partial charge in [0.05, 0.1) is 13.2 Å². The molecule has 0 spiro atoms. The van der Waals surface area contributed by atoms with Crippen LogP contribution in [-0.2, 0) is 10.2 Å². The van der Waals surface area contributed by atoms with Gasteiger partial charge in [-0.05, 0) is 30.5 Å². The van der Waals surface area contributed by atoms with E-state index in [-0.39, 0.29) is 12.0 Å². The van der Waals surface area contributed by atoms with Crippen LogP contribution in [0.25, 0.3) is 11.1 Å². The summed E-state index contributed by atoms with van der Waals surface area (Å²) in [7, 11) is 0. The first-order valence-electron chi connectivity index (χ1n) is 6.30. The molecular formula is C14H17NO3. The number of aliphatic hydroxyl groups is 1. The summed E-state index contributed by atoms with van der Waals surface area (Å²) >= 11 is 0. The number of aryl methyl sites for hydroxylation is 1. The van der Waals surface area contributed by atoms with Gasteiger partial charge in [-0.25, -0.2) is 4.98 Å². The lowest BCUT2D eigenvalue weighted by Gasteiger charge is -2.42. The highest BCUT2D eigenvalue weighted by Crippen LogP contribution is 2.38. The number of fused-ring (bicyclic) bond motifs is 1. The minimum Gasteiger partial charge on any atom is -0.441 e. The Balaban J connectivity index is 1.96. The third-order valence-corrected chi connectivity index (χ3v) is 3.68. The maximum Gasteiger partial charge on any atom is 0.192 e. The Morgan fingerprint density at radius 3 is 2.89 bits per heavy atom. The molecule has 1 aliphatic heterocycles. The number of aliphatic hydroxyl groups excluding tert-OH is 1. The molecule has 1 saturated heterocycles. The first-order chi connectivity index (χ1) is 8.73. The fraction of sp³-hybridized carbons (Fsp3) is 0.500. The quantitative estimate of drug-likeness (QED) is 0.899. The normalized spacial score (nSPS) is 17.9. The van der Waals surface area contributed by atoms with Crippen molar-refractivity contribution in [2.75, 3.05) is 19.8 Å². The van der Waals surface area contributed by atoms with Gasteiger partial charge >= 0.3 is 0 Å². The van der Waals surface area contributed by atoms with Crippen LogP contribution in [0.2, 0.25) is 0 Å². The average Bonchev–Trinajstić information content (AvgIpc) is 2.67. The van der Waals surface area contributed by atoms with Crippen LogP contribution in [0.1, 0.15) is 24.3 Å². The Labute approximate surface area is 106 Å². The standard InChI is InChI=1S/C14H17NO3/c1-10-15-12-4-3-11(7-13(12)18-10)14(5-2-6-16)8-17-9-14/h3-4,7,16H,2,5-6,8-9H2,1H3. The molecule has 0 saturated carbocycles. The lowest BCUT2D eigenvalue weighted by atomic mass is 9.75. The monoisotopic (exact) mass is 247 g/mol. The Morgan fingerprint density at radius 1 is 1.39 bits per heavy atom. The fourth-order valence-corrected chi connectivity index (χ4v) is 2.59. The largest absolute Gasteiger partial charge is 0.441 e. The summed E-state index contributed by atoms with van der Waals surface area (Å²) in [6.45, 7) is 3.54. The second kappa shape index (κ2) is 4.37. The molecule has 3 rings (SSSR count). The van der Waals surface area contributed by atoms with Gasteiger partial charge in [0.2, 0.25) is 0 Å². The van der Waals surface area contributed by atoms with E-state index >= 15 is 0 Å². The second-order valence-electron chi connectivity index (χ2n) is 5.02. The van der Waals surface area contributed by atoms with E-state index in [0.29, 0.717) is 5.89 Å². The van der Waals surface area contributed by atoms with Crippen LogP contribution in [0.15, 0.2) is 22.6 Å². The van der Waals surface area contributed by atoms with Gasteiger partial charge in [-0.1, -0.05) is 6.07 Å². The molecule has 2 heterocycles. The predicted octanol–water partition coefficient (Wildman–Crippen LogP) is 2.18. The molecule has 1 aromatic carbocycles. The number of hydrogen-bond acceptors (Lipinski definition) is 4. The number of hydrogen-bond donors (Lipinski definition) is 1. The van der Waals surface area contributed by atoms with Crippen molar-refractivity contribution in [1.82, 2.24) is 4.98 Å². The highest BCUT2D eigenvalue weighted by atomic mass is 16.5. The maximum atomic E-state index is 9.00. The van der Waals surface area contributed by atoms with Crippen LogP contribution in [0.3, 0.4) is 0 Å². The van der Waals surface area contributed by atoms with E-state index in [1.54, 1.807) is 0 Å². The lowest BCUT2D eigenvalue weighted by molar-refractivity contribution is -0.0664. The van der Waals surface area contributed by atoms with Gasteiger partial charge in [-0.2, -0.15) is 0 Å². The van der Waals surface area contributed by atoms with E-state index in [1.807, 2.05) is 13.0 Å². The topological polar surface area (TPSA) is 55.5 Å². The van der Waals surface area contributed by atoms with E-state index in [2.05, 4.69) is 17.1 Å². The molecule has 1 fully saturated rings. The van der Waals surface area contributed by atoms with E-state index in [9.17, 15) is 0 Å². The van der Waals surface area contributed by atoms with Crippen molar-refractivity contribution < 1.29 is 14.3 Å².